The summed E-state index contributed by atoms with van der Waals surface area (Å²) in [5, 5.41) is 0. The van der Waals surface area contributed by atoms with Gasteiger partial charge in [-0.2, -0.15) is 0 Å². The molecular weight excluding hydrogens is 374 g/mol. The van der Waals surface area contributed by atoms with Gasteiger partial charge in [-0.05, 0) is 50.5 Å². The third-order valence-corrected chi connectivity index (χ3v) is 6.05. The van der Waals surface area contributed by atoms with Crippen LogP contribution >= 0.6 is 0 Å². The first kappa shape index (κ1) is 19.2. The lowest BCUT2D eigenvalue weighted by atomic mass is 10.0. The lowest BCUT2D eigenvalue weighted by molar-refractivity contribution is 0.221. The lowest BCUT2D eigenvalue weighted by Gasteiger charge is -2.37. The molecule has 4 heterocycles. The van der Waals surface area contributed by atoms with E-state index in [1.54, 1.807) is 0 Å². The zero-order chi connectivity index (χ0) is 20.5. The van der Waals surface area contributed by atoms with Gasteiger partial charge in [0, 0.05) is 57.2 Å². The van der Waals surface area contributed by atoms with Crippen molar-refractivity contribution in [3.05, 3.63) is 72.2 Å². The Morgan fingerprint density at radius 2 is 1.83 bits per heavy atom. The minimum atomic E-state index is -0.162. The molecule has 0 aliphatic carbocycles. The van der Waals surface area contributed by atoms with Crippen molar-refractivity contribution in [2.45, 2.75) is 6.10 Å². The molecule has 0 saturated carbocycles. The Kier molecular flexibility index (Phi) is 5.19. The third kappa shape index (κ3) is 3.57. The van der Waals surface area contributed by atoms with E-state index < -0.39 is 0 Å². The second-order valence-corrected chi connectivity index (χ2v) is 8.32. The van der Waals surface area contributed by atoms with Gasteiger partial charge in [0.15, 0.2) is 6.10 Å². The predicted molar refractivity (Wildman–Crippen MR) is 120 cm³/mol. The van der Waals surface area contributed by atoms with Gasteiger partial charge >= 0.3 is 0 Å². The number of nitrogens with zero attached hydrogens (tertiary/aromatic N) is 5. The van der Waals surface area contributed by atoms with E-state index in [-0.39, 0.29) is 6.10 Å². The second kappa shape index (κ2) is 8.13. The number of anilines is 1. The maximum Gasteiger partial charge on any atom is 0.168 e. The van der Waals surface area contributed by atoms with Crippen LogP contribution in [0.1, 0.15) is 17.4 Å². The first-order chi connectivity index (χ1) is 14.7. The number of pyridine rings is 1. The smallest absolute Gasteiger partial charge is 0.168 e. The van der Waals surface area contributed by atoms with Gasteiger partial charge in [0.2, 0.25) is 0 Å². The number of ether oxygens (including phenoxy) is 1. The average molecular weight is 404 g/mol. The number of rotatable bonds is 5. The normalized spacial score (nSPS) is 18.8. The van der Waals surface area contributed by atoms with E-state index in [9.17, 15) is 0 Å². The Morgan fingerprint density at radius 3 is 2.67 bits per heavy atom. The zero-order valence-electron chi connectivity index (χ0n) is 17.7. The van der Waals surface area contributed by atoms with E-state index in [0.29, 0.717) is 0 Å². The summed E-state index contributed by atoms with van der Waals surface area (Å²) in [6.07, 6.45) is 3.85. The molecule has 1 atom stereocenters. The Balaban J connectivity index is 1.41. The zero-order valence-corrected chi connectivity index (χ0v) is 17.7. The van der Waals surface area contributed by atoms with Crippen molar-refractivity contribution in [3.63, 3.8) is 0 Å². The minimum absolute atomic E-state index is 0.162. The monoisotopic (exact) mass is 403 g/mol. The average Bonchev–Trinajstić information content (AvgIpc) is 3.28. The van der Waals surface area contributed by atoms with Crippen molar-refractivity contribution < 1.29 is 4.74 Å². The number of likely N-dealkylation sites (N-methyl/N-ethyl adjacent to an activating group) is 1. The largest absolute Gasteiger partial charge is 0.477 e. The van der Waals surface area contributed by atoms with Crippen LogP contribution in [-0.4, -0.2) is 72.7 Å². The molecule has 0 radical (unpaired) electrons. The molecular formula is C24H29N5O. The number of hydrogen-bond donors (Lipinski definition) is 0. The third-order valence-electron chi connectivity index (χ3n) is 6.05. The summed E-state index contributed by atoms with van der Waals surface area (Å²) in [6, 6.07) is 16.7. The molecule has 1 aromatic carbocycles. The maximum absolute atomic E-state index is 6.52. The van der Waals surface area contributed by atoms with Crippen molar-refractivity contribution in [1.29, 1.82) is 0 Å². The van der Waals surface area contributed by atoms with Crippen LogP contribution in [0.4, 0.5) is 5.82 Å². The Labute approximate surface area is 178 Å². The number of fused-ring (bicyclic) bond motifs is 3. The van der Waals surface area contributed by atoms with Crippen LogP contribution in [-0.2, 0) is 0 Å². The van der Waals surface area contributed by atoms with E-state index in [0.717, 1.165) is 67.8 Å². The minimum Gasteiger partial charge on any atom is -0.477 e. The highest BCUT2D eigenvalue weighted by molar-refractivity contribution is 5.56. The number of aromatic nitrogens is 2. The van der Waals surface area contributed by atoms with Gasteiger partial charge in [0.1, 0.15) is 11.6 Å². The van der Waals surface area contributed by atoms with Crippen LogP contribution in [0.25, 0.3) is 5.69 Å². The first-order valence-electron chi connectivity index (χ1n) is 10.7. The van der Waals surface area contributed by atoms with Crippen LogP contribution in [0.5, 0.6) is 5.75 Å². The van der Waals surface area contributed by atoms with E-state index in [2.05, 4.69) is 69.9 Å². The van der Waals surface area contributed by atoms with Gasteiger partial charge in [-0.25, -0.2) is 4.98 Å². The molecule has 6 nitrogen and oxygen atoms in total. The molecule has 0 amide bonds. The fourth-order valence-electron chi connectivity index (χ4n) is 4.40. The molecule has 2 aliphatic rings. The van der Waals surface area contributed by atoms with Crippen LogP contribution < -0.4 is 9.64 Å². The first-order valence-corrected chi connectivity index (χ1v) is 10.7. The predicted octanol–water partition coefficient (Wildman–Crippen LogP) is 3.04. The fraction of sp³-hybridized carbons (Fsp3) is 0.375. The fourth-order valence-corrected chi connectivity index (χ4v) is 4.40. The summed E-state index contributed by atoms with van der Waals surface area (Å²) in [7, 11) is 4.27. The summed E-state index contributed by atoms with van der Waals surface area (Å²) in [5.74, 6) is 1.95. The molecule has 156 valence electrons. The van der Waals surface area contributed by atoms with E-state index in [1.165, 1.54) is 0 Å². The standard InChI is InChI=1S/C24H29N5O/c1-26(2)13-14-27-15-17-28(18-16-27)24-19(7-5-11-25-24)23-21-9-6-12-29(21)20-8-3-4-10-22(20)30-23/h3-12,23H,13-18H2,1-2H3. The summed E-state index contributed by atoms with van der Waals surface area (Å²) < 4.78 is 8.75. The van der Waals surface area contributed by atoms with Crippen LogP contribution in [0.3, 0.4) is 0 Å². The van der Waals surface area contributed by atoms with Crippen molar-refractivity contribution in [1.82, 2.24) is 19.4 Å². The van der Waals surface area contributed by atoms with Gasteiger partial charge in [-0.15, -0.1) is 0 Å². The molecule has 0 bridgehead atoms. The Hall–Kier alpha value is -2.83. The number of benzene rings is 1. The Bertz CT molecular complexity index is 1010. The number of hydrogen-bond acceptors (Lipinski definition) is 5. The summed E-state index contributed by atoms with van der Waals surface area (Å²) >= 11 is 0. The van der Waals surface area contributed by atoms with Gasteiger partial charge < -0.3 is 19.1 Å². The van der Waals surface area contributed by atoms with Crippen LogP contribution in [0.15, 0.2) is 60.9 Å². The molecule has 2 aromatic heterocycles. The highest BCUT2D eigenvalue weighted by Gasteiger charge is 2.31. The molecule has 2 aliphatic heterocycles. The maximum atomic E-state index is 6.52. The van der Waals surface area contributed by atoms with Crippen LogP contribution in [0.2, 0.25) is 0 Å². The van der Waals surface area contributed by atoms with Gasteiger partial charge in [-0.3, -0.25) is 4.90 Å². The molecule has 0 N–H and O–H groups in total. The van der Waals surface area contributed by atoms with Gasteiger partial charge in [0.05, 0.1) is 11.4 Å². The highest BCUT2D eigenvalue weighted by atomic mass is 16.5. The van der Waals surface area contributed by atoms with Gasteiger partial charge in [-0.1, -0.05) is 12.1 Å². The highest BCUT2D eigenvalue weighted by Crippen LogP contribution is 2.41. The topological polar surface area (TPSA) is 36.8 Å². The van der Waals surface area contributed by atoms with Crippen molar-refractivity contribution in [2.24, 2.45) is 0 Å². The Morgan fingerprint density at radius 1 is 1.00 bits per heavy atom. The molecule has 3 aromatic rings. The molecule has 1 unspecified atom stereocenters. The van der Waals surface area contributed by atoms with E-state index in [4.69, 9.17) is 9.72 Å². The molecule has 6 heteroatoms. The molecule has 30 heavy (non-hydrogen) atoms. The van der Waals surface area contributed by atoms with E-state index in [1.807, 2.05) is 24.4 Å². The molecule has 1 fully saturated rings. The van der Waals surface area contributed by atoms with Crippen molar-refractivity contribution in [2.75, 3.05) is 58.3 Å². The quantitative estimate of drug-likeness (QED) is 0.655. The SMILES string of the molecule is CN(C)CCN1CCN(c2ncccc2C2Oc3ccccc3-n3cccc32)CC1. The van der Waals surface area contributed by atoms with Crippen molar-refractivity contribution >= 4 is 5.82 Å². The van der Waals surface area contributed by atoms with E-state index >= 15 is 0 Å². The molecule has 5 rings (SSSR count). The summed E-state index contributed by atoms with van der Waals surface area (Å²) in [4.78, 5) is 12.0. The molecule has 0 spiro atoms. The number of piperazine rings is 1. The number of para-hydroxylation sites is 2. The second-order valence-electron chi connectivity index (χ2n) is 8.32. The van der Waals surface area contributed by atoms with Crippen LogP contribution in [0, 0.1) is 0 Å². The van der Waals surface area contributed by atoms with Crippen molar-refractivity contribution in [3.8, 4) is 11.4 Å². The summed E-state index contributed by atoms with van der Waals surface area (Å²) in [5.41, 5.74) is 3.37. The molecule has 1 saturated heterocycles. The lowest BCUT2D eigenvalue weighted by Crippen LogP contribution is -2.48. The van der Waals surface area contributed by atoms with Gasteiger partial charge in [0.25, 0.3) is 0 Å². The summed E-state index contributed by atoms with van der Waals surface area (Å²) in [6.45, 7) is 6.32.